The molecule has 2 saturated heterocycles. The zero-order valence-corrected chi connectivity index (χ0v) is 18.4. The van der Waals surface area contributed by atoms with Crippen LogP contribution in [-0.4, -0.2) is 57.0 Å². The number of piperidine rings is 1. The van der Waals surface area contributed by atoms with E-state index >= 15 is 0 Å². The van der Waals surface area contributed by atoms with Crippen molar-refractivity contribution in [1.82, 2.24) is 24.8 Å². The summed E-state index contributed by atoms with van der Waals surface area (Å²) in [7, 11) is 0. The number of nitrogens with one attached hydrogen (secondary N) is 1. The van der Waals surface area contributed by atoms with Crippen molar-refractivity contribution in [3.05, 3.63) is 60.0 Å². The Morgan fingerprint density at radius 3 is 2.79 bits per heavy atom. The smallest absolute Gasteiger partial charge is 0.255 e. The fourth-order valence-corrected chi connectivity index (χ4v) is 5.71. The van der Waals surface area contributed by atoms with Crippen LogP contribution in [0.1, 0.15) is 54.1 Å². The van der Waals surface area contributed by atoms with Crippen molar-refractivity contribution in [3.8, 4) is 0 Å². The zero-order chi connectivity index (χ0) is 22.4. The van der Waals surface area contributed by atoms with E-state index in [4.69, 9.17) is 4.74 Å². The fourth-order valence-electron chi connectivity index (χ4n) is 5.71. The second-order valence-corrected chi connectivity index (χ2v) is 9.34. The average molecular weight is 446 g/mol. The van der Waals surface area contributed by atoms with Crippen LogP contribution in [0.5, 0.6) is 0 Å². The number of likely N-dealkylation sites (tertiary alicyclic amines) is 1. The number of pyridine rings is 1. The molecular formula is C25H27N5O3. The topological polar surface area (TPSA) is 89.3 Å². The normalized spacial score (nSPS) is 25.8. The number of benzene rings is 1. The number of aromatic nitrogens is 3. The highest BCUT2D eigenvalue weighted by molar-refractivity contribution is 5.96. The molecule has 4 heterocycles. The van der Waals surface area contributed by atoms with Gasteiger partial charge in [0.25, 0.3) is 5.91 Å². The van der Waals surface area contributed by atoms with Crippen molar-refractivity contribution in [2.45, 2.75) is 49.8 Å². The minimum atomic E-state index is -0.615. The number of ether oxygens (including phenoxy) is 1. The van der Waals surface area contributed by atoms with Crippen LogP contribution in [0.3, 0.4) is 0 Å². The second kappa shape index (κ2) is 7.95. The summed E-state index contributed by atoms with van der Waals surface area (Å²) in [6.07, 6.45) is 8.59. The second-order valence-electron chi connectivity index (χ2n) is 9.34. The summed E-state index contributed by atoms with van der Waals surface area (Å²) in [6, 6.07) is 12.2. The highest BCUT2D eigenvalue weighted by atomic mass is 16.5. The predicted molar refractivity (Wildman–Crippen MR) is 122 cm³/mol. The van der Waals surface area contributed by atoms with E-state index in [0.717, 1.165) is 29.6 Å². The molecule has 6 rings (SSSR count). The van der Waals surface area contributed by atoms with Gasteiger partial charge in [0.05, 0.1) is 17.4 Å². The number of amides is 2. The molecular weight excluding hydrogens is 418 g/mol. The number of morpholine rings is 1. The van der Waals surface area contributed by atoms with E-state index in [-0.39, 0.29) is 24.5 Å². The van der Waals surface area contributed by atoms with E-state index in [0.29, 0.717) is 31.1 Å². The van der Waals surface area contributed by atoms with Gasteiger partial charge in [-0.1, -0.05) is 43.2 Å². The minimum absolute atomic E-state index is 0.00734. The molecule has 2 amide bonds. The number of nitrogens with zero attached hydrogens (tertiary/aromatic N) is 4. The lowest BCUT2D eigenvalue weighted by Gasteiger charge is -2.50. The molecule has 170 valence electrons. The van der Waals surface area contributed by atoms with Gasteiger partial charge in [-0.05, 0) is 30.9 Å². The molecule has 2 atom stereocenters. The average Bonchev–Trinajstić information content (AvgIpc) is 3.53. The molecule has 3 aromatic rings. The van der Waals surface area contributed by atoms with Crippen LogP contribution < -0.4 is 5.32 Å². The van der Waals surface area contributed by atoms with Gasteiger partial charge in [0.2, 0.25) is 5.91 Å². The number of carbonyl (C=O) groups excluding carboxylic acids is 2. The number of hydrogen-bond donors (Lipinski definition) is 1. The van der Waals surface area contributed by atoms with E-state index < -0.39 is 5.54 Å². The zero-order valence-electron chi connectivity index (χ0n) is 18.4. The maximum Gasteiger partial charge on any atom is 0.255 e. The van der Waals surface area contributed by atoms with Crippen LogP contribution in [0.2, 0.25) is 0 Å². The lowest BCUT2D eigenvalue weighted by molar-refractivity contribution is -0.150. The number of hydrogen-bond acceptors (Lipinski definition) is 5. The van der Waals surface area contributed by atoms with E-state index in [2.05, 4.69) is 19.9 Å². The Morgan fingerprint density at radius 2 is 1.97 bits per heavy atom. The third-order valence-corrected chi connectivity index (χ3v) is 7.44. The van der Waals surface area contributed by atoms with Gasteiger partial charge in [-0.2, -0.15) is 0 Å². The molecule has 1 saturated carbocycles. The van der Waals surface area contributed by atoms with E-state index in [9.17, 15) is 9.59 Å². The summed E-state index contributed by atoms with van der Waals surface area (Å²) >= 11 is 0. The largest absolute Gasteiger partial charge is 0.364 e. The Kier molecular flexibility index (Phi) is 4.90. The SMILES string of the molecule is O=C1CO[C@H]2CN(C(=O)c3cnc4c(c3)ncn4C3CCCC3)CC[C@]2(c2ccccc2)N1. The Balaban J connectivity index is 1.25. The Morgan fingerprint density at radius 1 is 1.15 bits per heavy atom. The van der Waals surface area contributed by atoms with Gasteiger partial charge in [-0.25, -0.2) is 9.97 Å². The molecule has 33 heavy (non-hydrogen) atoms. The molecule has 3 fully saturated rings. The molecule has 0 unspecified atom stereocenters. The third-order valence-electron chi connectivity index (χ3n) is 7.44. The Bertz CT molecular complexity index is 1200. The molecule has 8 nitrogen and oxygen atoms in total. The third kappa shape index (κ3) is 3.40. The molecule has 2 aliphatic heterocycles. The molecule has 1 N–H and O–H groups in total. The van der Waals surface area contributed by atoms with Crippen LogP contribution >= 0.6 is 0 Å². The standard InChI is InChI=1S/C25H27N5O3/c31-22-15-33-21-14-29(11-10-25(21,28-22)18-6-2-1-3-7-18)24(32)17-12-20-23(26-13-17)30(16-27-20)19-8-4-5-9-19/h1-3,6-7,12-13,16,19,21H,4-5,8-11,14-15H2,(H,28,31)/t21-,25+/m0/s1. The van der Waals surface area contributed by atoms with Crippen LogP contribution in [0.25, 0.3) is 11.2 Å². The summed E-state index contributed by atoms with van der Waals surface area (Å²) in [5.74, 6) is -0.204. The number of rotatable bonds is 3. The summed E-state index contributed by atoms with van der Waals surface area (Å²) < 4.78 is 8.12. The van der Waals surface area contributed by atoms with Crippen molar-refractivity contribution >= 4 is 23.0 Å². The van der Waals surface area contributed by atoms with Crippen LogP contribution in [0, 0.1) is 0 Å². The van der Waals surface area contributed by atoms with Crippen LogP contribution in [0.15, 0.2) is 48.9 Å². The lowest BCUT2D eigenvalue weighted by atomic mass is 9.77. The van der Waals surface area contributed by atoms with Crippen LogP contribution in [-0.2, 0) is 15.1 Å². The first-order valence-electron chi connectivity index (χ1n) is 11.7. The van der Waals surface area contributed by atoms with Crippen molar-refractivity contribution in [2.75, 3.05) is 19.7 Å². The van der Waals surface area contributed by atoms with Crippen molar-refractivity contribution < 1.29 is 14.3 Å². The van der Waals surface area contributed by atoms with Crippen molar-refractivity contribution in [2.24, 2.45) is 0 Å². The number of imidazole rings is 1. The summed E-state index contributed by atoms with van der Waals surface area (Å²) in [5.41, 5.74) is 2.53. The fraction of sp³-hybridized carbons (Fsp3) is 0.440. The maximum atomic E-state index is 13.4. The minimum Gasteiger partial charge on any atom is -0.364 e. The molecule has 8 heteroatoms. The summed E-state index contributed by atoms with van der Waals surface area (Å²) in [6.45, 7) is 0.929. The van der Waals surface area contributed by atoms with Gasteiger partial charge in [0, 0.05) is 25.3 Å². The van der Waals surface area contributed by atoms with E-state index in [1.165, 1.54) is 12.8 Å². The molecule has 1 aromatic carbocycles. The monoisotopic (exact) mass is 445 g/mol. The number of fused-ring (bicyclic) bond motifs is 2. The predicted octanol–water partition coefficient (Wildman–Crippen LogP) is 2.80. The molecule has 1 aliphatic carbocycles. The highest BCUT2D eigenvalue weighted by Gasteiger charge is 2.49. The first-order chi connectivity index (χ1) is 16.1. The van der Waals surface area contributed by atoms with Crippen LogP contribution in [0.4, 0.5) is 0 Å². The highest BCUT2D eigenvalue weighted by Crippen LogP contribution is 2.37. The Labute approximate surface area is 192 Å². The van der Waals surface area contributed by atoms with Gasteiger partial charge in [-0.3, -0.25) is 9.59 Å². The molecule has 0 radical (unpaired) electrons. The van der Waals surface area contributed by atoms with E-state index in [1.807, 2.05) is 42.7 Å². The molecule has 3 aliphatic rings. The summed E-state index contributed by atoms with van der Waals surface area (Å²) in [4.78, 5) is 36.6. The van der Waals surface area contributed by atoms with Gasteiger partial charge >= 0.3 is 0 Å². The quantitative estimate of drug-likeness (QED) is 0.670. The van der Waals surface area contributed by atoms with Gasteiger partial charge in [0.15, 0.2) is 5.65 Å². The first-order valence-corrected chi connectivity index (χ1v) is 11.7. The Hall–Kier alpha value is -3.26. The van der Waals surface area contributed by atoms with Crippen molar-refractivity contribution in [1.29, 1.82) is 0 Å². The van der Waals surface area contributed by atoms with Crippen molar-refractivity contribution in [3.63, 3.8) is 0 Å². The lowest BCUT2D eigenvalue weighted by Crippen LogP contribution is -2.67. The van der Waals surface area contributed by atoms with Gasteiger partial charge < -0.3 is 19.5 Å². The summed E-state index contributed by atoms with van der Waals surface area (Å²) in [5, 5.41) is 3.17. The molecule has 2 aromatic heterocycles. The molecule has 0 bridgehead atoms. The van der Waals surface area contributed by atoms with Gasteiger partial charge in [0.1, 0.15) is 18.2 Å². The molecule has 0 spiro atoms. The van der Waals surface area contributed by atoms with Gasteiger partial charge in [-0.15, -0.1) is 0 Å². The van der Waals surface area contributed by atoms with E-state index in [1.54, 1.807) is 11.1 Å². The maximum absolute atomic E-state index is 13.4. The first kappa shape index (κ1) is 20.4. The number of carbonyl (C=O) groups is 2.